The second-order valence-electron chi connectivity index (χ2n) is 6.59. The van der Waals surface area contributed by atoms with Crippen LogP contribution in [0, 0.1) is 13.8 Å². The molecule has 1 N–H and O–H groups in total. The highest BCUT2D eigenvalue weighted by molar-refractivity contribution is 7.91. The highest BCUT2D eigenvalue weighted by atomic mass is 32.2. The number of esters is 1. The number of sulfone groups is 1. The fraction of sp³-hybridized carbons (Fsp3) is 0.333. The maximum atomic E-state index is 12.4. The molecule has 2 aromatic rings. The van der Waals surface area contributed by atoms with Crippen LogP contribution >= 0.6 is 0 Å². The lowest BCUT2D eigenvalue weighted by atomic mass is 10.1. The number of ether oxygens (including phenoxy) is 3. The van der Waals surface area contributed by atoms with Gasteiger partial charge in [-0.3, -0.25) is 9.59 Å². The second kappa shape index (κ2) is 10.1. The number of hydrogen-bond acceptors (Lipinski definition) is 7. The summed E-state index contributed by atoms with van der Waals surface area (Å²) in [5, 5.41) is 2.56. The summed E-state index contributed by atoms with van der Waals surface area (Å²) in [4.78, 5) is 24.1. The van der Waals surface area contributed by atoms with Crippen LogP contribution < -0.4 is 14.8 Å². The van der Waals surface area contributed by atoms with Crippen molar-refractivity contribution >= 4 is 27.4 Å². The van der Waals surface area contributed by atoms with Crippen LogP contribution in [0.15, 0.2) is 41.3 Å². The van der Waals surface area contributed by atoms with Crippen LogP contribution in [0.2, 0.25) is 0 Å². The predicted octanol–water partition coefficient (Wildman–Crippen LogP) is 2.67. The number of carbonyl (C=O) groups excluding carboxylic acids is 2. The number of aryl methyl sites for hydroxylation is 2. The standard InChI is InChI=1S/C21H25NO7S/c1-14-5-7-17(11-15(14)2)30(25,26)10-9-21(24)29-13-20(23)22-18-12-16(27-3)6-8-19(18)28-4/h5-8,11-12H,9-10,13H2,1-4H3,(H,22,23). The third-order valence-electron chi connectivity index (χ3n) is 4.46. The van der Waals surface area contributed by atoms with Gasteiger partial charge in [0.1, 0.15) is 11.5 Å². The van der Waals surface area contributed by atoms with E-state index in [9.17, 15) is 18.0 Å². The molecule has 9 heteroatoms. The first-order valence-corrected chi connectivity index (χ1v) is 10.8. The van der Waals surface area contributed by atoms with Gasteiger partial charge in [0.25, 0.3) is 5.91 Å². The SMILES string of the molecule is COc1ccc(OC)c(NC(=O)COC(=O)CCS(=O)(=O)c2ccc(C)c(C)c2)c1. The van der Waals surface area contributed by atoms with Gasteiger partial charge in [0.05, 0.1) is 37.0 Å². The molecule has 0 saturated heterocycles. The highest BCUT2D eigenvalue weighted by Gasteiger charge is 2.18. The van der Waals surface area contributed by atoms with Crippen molar-refractivity contribution in [2.75, 3.05) is 31.9 Å². The smallest absolute Gasteiger partial charge is 0.307 e. The Labute approximate surface area is 176 Å². The van der Waals surface area contributed by atoms with Crippen molar-refractivity contribution in [3.05, 3.63) is 47.5 Å². The van der Waals surface area contributed by atoms with Crippen LogP contribution in [0.4, 0.5) is 5.69 Å². The van der Waals surface area contributed by atoms with E-state index in [1.54, 1.807) is 30.3 Å². The molecular weight excluding hydrogens is 410 g/mol. The summed E-state index contributed by atoms with van der Waals surface area (Å²) in [6.07, 6.45) is -0.356. The molecule has 0 unspecified atom stereocenters. The monoisotopic (exact) mass is 435 g/mol. The Morgan fingerprint density at radius 2 is 1.70 bits per heavy atom. The van der Waals surface area contributed by atoms with Crippen LogP contribution in [-0.4, -0.2) is 46.9 Å². The number of methoxy groups -OCH3 is 2. The van der Waals surface area contributed by atoms with Gasteiger partial charge < -0.3 is 19.5 Å². The van der Waals surface area contributed by atoms with Crippen molar-refractivity contribution in [1.82, 2.24) is 0 Å². The zero-order chi connectivity index (χ0) is 22.3. The number of nitrogens with one attached hydrogen (secondary N) is 1. The molecule has 8 nitrogen and oxygen atoms in total. The average molecular weight is 435 g/mol. The van der Waals surface area contributed by atoms with Gasteiger partial charge in [-0.15, -0.1) is 0 Å². The van der Waals surface area contributed by atoms with Crippen molar-refractivity contribution in [3.63, 3.8) is 0 Å². The van der Waals surface area contributed by atoms with Crippen LogP contribution in [0.1, 0.15) is 17.5 Å². The molecule has 0 aromatic heterocycles. The fourth-order valence-electron chi connectivity index (χ4n) is 2.56. The van der Waals surface area contributed by atoms with Crippen molar-refractivity contribution in [3.8, 4) is 11.5 Å². The summed E-state index contributed by atoms with van der Waals surface area (Å²) in [6.45, 7) is 3.15. The number of rotatable bonds is 9. The Morgan fingerprint density at radius 3 is 2.33 bits per heavy atom. The van der Waals surface area contributed by atoms with E-state index in [0.29, 0.717) is 17.2 Å². The van der Waals surface area contributed by atoms with Crippen LogP contribution in [-0.2, 0) is 24.2 Å². The topological polar surface area (TPSA) is 108 Å². The van der Waals surface area contributed by atoms with Crippen molar-refractivity contribution in [1.29, 1.82) is 0 Å². The molecule has 0 fully saturated rings. The normalized spacial score (nSPS) is 10.9. The average Bonchev–Trinajstić information content (AvgIpc) is 2.72. The zero-order valence-corrected chi connectivity index (χ0v) is 18.2. The third-order valence-corrected chi connectivity index (χ3v) is 6.17. The van der Waals surface area contributed by atoms with E-state index < -0.39 is 34.1 Å². The Balaban J connectivity index is 1.88. The van der Waals surface area contributed by atoms with E-state index in [0.717, 1.165) is 11.1 Å². The van der Waals surface area contributed by atoms with Gasteiger partial charge in [-0.1, -0.05) is 6.07 Å². The summed E-state index contributed by atoms with van der Waals surface area (Å²) in [7, 11) is -0.691. The summed E-state index contributed by atoms with van der Waals surface area (Å²) in [5.74, 6) is -0.851. The number of hydrogen-bond donors (Lipinski definition) is 1. The maximum absolute atomic E-state index is 12.4. The van der Waals surface area contributed by atoms with Crippen molar-refractivity contribution in [2.24, 2.45) is 0 Å². The minimum atomic E-state index is -3.63. The number of amides is 1. The first-order chi connectivity index (χ1) is 14.2. The first kappa shape index (κ1) is 23.2. The van der Waals surface area contributed by atoms with E-state index in [1.807, 2.05) is 13.8 Å². The molecule has 0 atom stereocenters. The van der Waals surface area contributed by atoms with Crippen molar-refractivity contribution in [2.45, 2.75) is 25.2 Å². The molecule has 0 aliphatic carbocycles. The summed E-state index contributed by atoms with van der Waals surface area (Å²) < 4.78 is 39.9. The Bertz CT molecular complexity index is 1030. The number of anilines is 1. The van der Waals surface area contributed by atoms with E-state index in [-0.39, 0.29) is 11.3 Å². The molecular formula is C21H25NO7S. The van der Waals surface area contributed by atoms with Gasteiger partial charge >= 0.3 is 5.97 Å². The van der Waals surface area contributed by atoms with Crippen molar-refractivity contribution < 1.29 is 32.2 Å². The van der Waals surface area contributed by atoms with E-state index in [1.165, 1.54) is 20.3 Å². The summed E-state index contributed by atoms with van der Waals surface area (Å²) in [6, 6.07) is 9.66. The summed E-state index contributed by atoms with van der Waals surface area (Å²) >= 11 is 0. The molecule has 2 aromatic carbocycles. The highest BCUT2D eigenvalue weighted by Crippen LogP contribution is 2.28. The molecule has 30 heavy (non-hydrogen) atoms. The maximum Gasteiger partial charge on any atom is 0.307 e. The van der Waals surface area contributed by atoms with E-state index in [4.69, 9.17) is 14.2 Å². The first-order valence-electron chi connectivity index (χ1n) is 9.14. The van der Waals surface area contributed by atoms with Gasteiger partial charge in [-0.2, -0.15) is 0 Å². The Morgan fingerprint density at radius 1 is 0.967 bits per heavy atom. The number of carbonyl (C=O) groups is 2. The Hall–Kier alpha value is -3.07. The minimum Gasteiger partial charge on any atom is -0.497 e. The van der Waals surface area contributed by atoms with Gasteiger partial charge in [-0.05, 0) is 49.2 Å². The quantitative estimate of drug-likeness (QED) is 0.603. The molecule has 0 saturated carbocycles. The van der Waals surface area contributed by atoms with Gasteiger partial charge in [-0.25, -0.2) is 8.42 Å². The van der Waals surface area contributed by atoms with Crippen LogP contribution in [0.3, 0.4) is 0 Å². The second-order valence-corrected chi connectivity index (χ2v) is 8.70. The lowest BCUT2D eigenvalue weighted by Crippen LogP contribution is -2.22. The van der Waals surface area contributed by atoms with E-state index in [2.05, 4.69) is 5.32 Å². The van der Waals surface area contributed by atoms with Crippen LogP contribution in [0.5, 0.6) is 11.5 Å². The lowest BCUT2D eigenvalue weighted by molar-refractivity contribution is -0.146. The van der Waals surface area contributed by atoms with E-state index >= 15 is 0 Å². The molecule has 0 aliphatic rings. The number of benzene rings is 2. The third kappa shape index (κ3) is 6.21. The molecule has 0 spiro atoms. The molecule has 0 aliphatic heterocycles. The van der Waals surface area contributed by atoms with Gasteiger partial charge in [0.15, 0.2) is 16.4 Å². The lowest BCUT2D eigenvalue weighted by Gasteiger charge is -2.12. The minimum absolute atomic E-state index is 0.154. The molecule has 0 radical (unpaired) electrons. The molecule has 1 amide bonds. The van der Waals surface area contributed by atoms with Gasteiger partial charge in [0.2, 0.25) is 0 Å². The van der Waals surface area contributed by atoms with Crippen LogP contribution in [0.25, 0.3) is 0 Å². The fourth-order valence-corrected chi connectivity index (χ4v) is 3.86. The largest absolute Gasteiger partial charge is 0.497 e. The molecule has 162 valence electrons. The zero-order valence-electron chi connectivity index (χ0n) is 17.4. The summed E-state index contributed by atoms with van der Waals surface area (Å²) in [5.41, 5.74) is 2.19. The van der Waals surface area contributed by atoms with Gasteiger partial charge in [0, 0.05) is 6.07 Å². The Kier molecular flexibility index (Phi) is 7.82. The molecule has 2 rings (SSSR count). The predicted molar refractivity (Wildman–Crippen MR) is 112 cm³/mol. The molecule has 0 bridgehead atoms. The molecule has 0 heterocycles.